The van der Waals surface area contributed by atoms with Gasteiger partial charge in [0.1, 0.15) is 0 Å². The summed E-state index contributed by atoms with van der Waals surface area (Å²) in [6, 6.07) is 7.34. The molecule has 1 aromatic carbocycles. The van der Waals surface area contributed by atoms with E-state index in [-0.39, 0.29) is 36.4 Å². The van der Waals surface area contributed by atoms with Crippen LogP contribution >= 0.6 is 0 Å². The molecule has 0 bridgehead atoms. The zero-order valence-electron chi connectivity index (χ0n) is 15.1. The van der Waals surface area contributed by atoms with Gasteiger partial charge in [0.2, 0.25) is 5.91 Å². The topological polar surface area (TPSA) is 84.4 Å². The van der Waals surface area contributed by atoms with Gasteiger partial charge in [-0.15, -0.1) is 0 Å². The number of imidazole rings is 1. The molecule has 0 spiro atoms. The van der Waals surface area contributed by atoms with E-state index < -0.39 is 0 Å². The molecule has 1 atom stereocenters. The Hall–Kier alpha value is -2.57. The number of hydrogen-bond donors (Lipinski definition) is 1. The van der Waals surface area contributed by atoms with Gasteiger partial charge < -0.3 is 14.6 Å². The smallest absolute Gasteiger partial charge is 0.326 e. The third-order valence-electron chi connectivity index (χ3n) is 4.89. The lowest BCUT2D eigenvalue weighted by molar-refractivity contribution is -0.146. The number of benzene rings is 1. The average molecular weight is 359 g/mol. The molecule has 2 heterocycles. The fourth-order valence-electron chi connectivity index (χ4n) is 3.63. The number of para-hydroxylation sites is 2. The Morgan fingerprint density at radius 3 is 2.88 bits per heavy atom. The van der Waals surface area contributed by atoms with E-state index in [9.17, 15) is 14.4 Å². The van der Waals surface area contributed by atoms with Crippen LogP contribution < -0.4 is 5.69 Å². The standard InChI is InChI=1S/C19H25N3O4/c1-2-26-18(24)13-14-7-5-6-11-21(14)17(23)10-12-22-16-9-4-3-8-15(16)20-19(22)25/h3-4,8-9,14H,2,5-7,10-13H2,1H3,(H,20,25). The SMILES string of the molecule is CCOC(=O)CC1CCCCN1C(=O)CCn1c(=O)[nH]c2ccccc21. The van der Waals surface area contributed by atoms with Crippen molar-refractivity contribution >= 4 is 22.9 Å². The average Bonchev–Trinajstić information content (AvgIpc) is 2.95. The lowest BCUT2D eigenvalue weighted by Crippen LogP contribution is -2.45. The molecule has 1 aromatic heterocycles. The summed E-state index contributed by atoms with van der Waals surface area (Å²) in [7, 11) is 0. The van der Waals surface area contributed by atoms with Crippen LogP contribution in [-0.4, -0.2) is 45.5 Å². The minimum atomic E-state index is -0.259. The Kier molecular flexibility index (Phi) is 5.75. The quantitative estimate of drug-likeness (QED) is 0.800. The van der Waals surface area contributed by atoms with Crippen LogP contribution in [-0.2, 0) is 20.9 Å². The molecule has 1 N–H and O–H groups in total. The number of fused-ring (bicyclic) bond motifs is 1. The highest BCUT2D eigenvalue weighted by atomic mass is 16.5. The van der Waals surface area contributed by atoms with Crippen molar-refractivity contribution in [3.63, 3.8) is 0 Å². The third kappa shape index (κ3) is 3.98. The molecule has 1 aliphatic rings. The van der Waals surface area contributed by atoms with E-state index in [1.165, 1.54) is 0 Å². The lowest BCUT2D eigenvalue weighted by Gasteiger charge is -2.35. The second-order valence-corrected chi connectivity index (χ2v) is 6.59. The zero-order chi connectivity index (χ0) is 18.5. The van der Waals surface area contributed by atoms with Crippen LogP contribution in [0.3, 0.4) is 0 Å². The minimum Gasteiger partial charge on any atom is -0.466 e. The van der Waals surface area contributed by atoms with E-state index in [1.807, 2.05) is 24.3 Å². The molecule has 0 aliphatic carbocycles. The number of nitrogens with one attached hydrogen (secondary N) is 1. The van der Waals surface area contributed by atoms with E-state index >= 15 is 0 Å². The molecule has 1 saturated heterocycles. The van der Waals surface area contributed by atoms with Crippen LogP contribution in [0.5, 0.6) is 0 Å². The summed E-state index contributed by atoms with van der Waals surface area (Å²) in [4.78, 5) is 41.3. The zero-order valence-corrected chi connectivity index (χ0v) is 15.1. The minimum absolute atomic E-state index is 0.0174. The predicted molar refractivity (Wildman–Crippen MR) is 97.8 cm³/mol. The van der Waals surface area contributed by atoms with Gasteiger partial charge in [0, 0.05) is 25.6 Å². The van der Waals surface area contributed by atoms with Gasteiger partial charge in [0.25, 0.3) is 0 Å². The number of aryl methyl sites for hydroxylation is 1. The Balaban J connectivity index is 1.66. The first-order chi connectivity index (χ1) is 12.6. The molecular formula is C19H25N3O4. The maximum Gasteiger partial charge on any atom is 0.326 e. The van der Waals surface area contributed by atoms with Crippen LogP contribution in [0, 0.1) is 0 Å². The summed E-state index contributed by atoms with van der Waals surface area (Å²) in [6.07, 6.45) is 3.25. The number of likely N-dealkylation sites (tertiary alicyclic amines) is 1. The Labute approximate surface area is 151 Å². The number of aromatic nitrogens is 2. The van der Waals surface area contributed by atoms with Crippen molar-refractivity contribution < 1.29 is 14.3 Å². The number of amides is 1. The van der Waals surface area contributed by atoms with Crippen molar-refractivity contribution in [3.05, 3.63) is 34.7 Å². The Morgan fingerprint density at radius 1 is 1.27 bits per heavy atom. The molecule has 1 amide bonds. The van der Waals surface area contributed by atoms with Gasteiger partial charge >= 0.3 is 11.7 Å². The number of carbonyl (C=O) groups is 2. The highest BCUT2D eigenvalue weighted by molar-refractivity contribution is 5.79. The van der Waals surface area contributed by atoms with Crippen LogP contribution in [0.4, 0.5) is 0 Å². The van der Waals surface area contributed by atoms with Gasteiger partial charge in [-0.25, -0.2) is 4.79 Å². The normalized spacial score (nSPS) is 17.4. The van der Waals surface area contributed by atoms with Crippen LogP contribution in [0.2, 0.25) is 0 Å². The third-order valence-corrected chi connectivity index (χ3v) is 4.89. The molecule has 140 valence electrons. The number of carbonyl (C=O) groups excluding carboxylic acids is 2. The number of esters is 1. The summed E-state index contributed by atoms with van der Waals surface area (Å²) in [5.41, 5.74) is 1.36. The first-order valence-electron chi connectivity index (χ1n) is 9.22. The van der Waals surface area contributed by atoms with Gasteiger partial charge in [0.05, 0.1) is 24.1 Å². The highest BCUT2D eigenvalue weighted by Crippen LogP contribution is 2.21. The lowest BCUT2D eigenvalue weighted by atomic mass is 9.99. The first-order valence-corrected chi connectivity index (χ1v) is 9.22. The summed E-state index contributed by atoms with van der Waals surface area (Å²) >= 11 is 0. The molecule has 7 heteroatoms. The Morgan fingerprint density at radius 2 is 2.08 bits per heavy atom. The summed E-state index contributed by atoms with van der Waals surface area (Å²) in [5.74, 6) is -0.277. The molecule has 26 heavy (non-hydrogen) atoms. The van der Waals surface area contributed by atoms with Gasteiger partial charge in [-0.1, -0.05) is 12.1 Å². The van der Waals surface area contributed by atoms with Gasteiger partial charge in [0.15, 0.2) is 0 Å². The molecule has 0 radical (unpaired) electrons. The second kappa shape index (κ2) is 8.21. The van der Waals surface area contributed by atoms with Crippen molar-refractivity contribution in [2.45, 2.75) is 51.6 Å². The van der Waals surface area contributed by atoms with E-state index in [1.54, 1.807) is 16.4 Å². The van der Waals surface area contributed by atoms with E-state index in [4.69, 9.17) is 4.74 Å². The van der Waals surface area contributed by atoms with Crippen LogP contribution in [0.25, 0.3) is 11.0 Å². The predicted octanol–water partition coefficient (Wildman–Crippen LogP) is 2.05. The number of hydrogen-bond acceptors (Lipinski definition) is 4. The molecule has 2 aromatic rings. The maximum absolute atomic E-state index is 12.7. The summed E-state index contributed by atoms with van der Waals surface area (Å²) in [5, 5.41) is 0. The molecule has 0 saturated carbocycles. The number of piperidine rings is 1. The van der Waals surface area contributed by atoms with Crippen molar-refractivity contribution in [3.8, 4) is 0 Å². The van der Waals surface area contributed by atoms with Crippen molar-refractivity contribution in [1.29, 1.82) is 0 Å². The molecule has 1 aliphatic heterocycles. The number of ether oxygens (including phenoxy) is 1. The van der Waals surface area contributed by atoms with E-state index in [2.05, 4.69) is 4.98 Å². The Bertz CT molecular complexity index is 839. The van der Waals surface area contributed by atoms with Crippen LogP contribution in [0.15, 0.2) is 29.1 Å². The molecule has 3 rings (SSSR count). The molecule has 1 unspecified atom stereocenters. The van der Waals surface area contributed by atoms with E-state index in [0.717, 1.165) is 30.3 Å². The van der Waals surface area contributed by atoms with Crippen molar-refractivity contribution in [2.24, 2.45) is 0 Å². The van der Waals surface area contributed by atoms with Gasteiger partial charge in [-0.05, 0) is 38.3 Å². The van der Waals surface area contributed by atoms with Crippen LogP contribution in [0.1, 0.15) is 39.0 Å². The van der Waals surface area contributed by atoms with Crippen molar-refractivity contribution in [1.82, 2.24) is 14.5 Å². The van der Waals surface area contributed by atoms with Crippen molar-refractivity contribution in [2.75, 3.05) is 13.2 Å². The molecular weight excluding hydrogens is 334 g/mol. The first kappa shape index (κ1) is 18.2. The number of H-pyrrole nitrogens is 1. The largest absolute Gasteiger partial charge is 0.466 e. The fraction of sp³-hybridized carbons (Fsp3) is 0.526. The second-order valence-electron chi connectivity index (χ2n) is 6.59. The summed E-state index contributed by atoms with van der Waals surface area (Å²) in [6.45, 7) is 3.11. The van der Waals surface area contributed by atoms with E-state index in [0.29, 0.717) is 19.7 Å². The molecule has 1 fully saturated rings. The summed E-state index contributed by atoms with van der Waals surface area (Å²) < 4.78 is 6.62. The molecule has 7 nitrogen and oxygen atoms in total. The number of nitrogens with zero attached hydrogens (tertiary/aromatic N) is 2. The number of aromatic amines is 1. The monoisotopic (exact) mass is 359 g/mol. The highest BCUT2D eigenvalue weighted by Gasteiger charge is 2.28. The maximum atomic E-state index is 12.7. The number of rotatable bonds is 6. The van der Waals surface area contributed by atoms with Gasteiger partial charge in [-0.3, -0.25) is 14.2 Å². The van der Waals surface area contributed by atoms with Gasteiger partial charge in [-0.2, -0.15) is 0 Å². The fourth-order valence-corrected chi connectivity index (χ4v) is 3.63.